The zero-order chi connectivity index (χ0) is 11.3. The zero-order valence-corrected chi connectivity index (χ0v) is 9.99. The number of hydrogen-bond acceptors (Lipinski definition) is 2. The Hall–Kier alpha value is -1.51. The highest BCUT2D eigenvalue weighted by molar-refractivity contribution is 5.78. The Morgan fingerprint density at radius 1 is 1.38 bits per heavy atom. The average molecular weight is 215 g/mol. The third-order valence-electron chi connectivity index (χ3n) is 3.60. The summed E-state index contributed by atoms with van der Waals surface area (Å²) in [5.41, 5.74) is 2.67. The Balaban J connectivity index is 1.96. The molecule has 0 spiro atoms. The van der Waals surface area contributed by atoms with Gasteiger partial charge in [0, 0.05) is 13.1 Å². The summed E-state index contributed by atoms with van der Waals surface area (Å²) in [6, 6.07) is 8.81. The average Bonchev–Trinajstić information content (AvgIpc) is 2.71. The highest BCUT2D eigenvalue weighted by Crippen LogP contribution is 2.46. The van der Waals surface area contributed by atoms with Crippen LogP contribution >= 0.6 is 0 Å². The van der Waals surface area contributed by atoms with Gasteiger partial charge in [0.15, 0.2) is 0 Å². The van der Waals surface area contributed by atoms with Crippen LogP contribution in [0, 0.1) is 5.41 Å². The van der Waals surface area contributed by atoms with Crippen molar-refractivity contribution in [3.63, 3.8) is 0 Å². The van der Waals surface area contributed by atoms with Crippen LogP contribution in [0.1, 0.15) is 20.3 Å². The number of imidazole rings is 1. The fourth-order valence-electron chi connectivity index (χ4n) is 2.14. The van der Waals surface area contributed by atoms with Gasteiger partial charge in [0.1, 0.15) is 0 Å². The zero-order valence-electron chi connectivity index (χ0n) is 9.99. The van der Waals surface area contributed by atoms with Crippen molar-refractivity contribution in [2.24, 2.45) is 12.5 Å². The predicted octanol–water partition coefficient (Wildman–Crippen LogP) is 2.78. The Labute approximate surface area is 95.5 Å². The fourth-order valence-corrected chi connectivity index (χ4v) is 2.14. The van der Waals surface area contributed by atoms with E-state index in [0.717, 1.165) is 11.5 Å². The van der Waals surface area contributed by atoms with Crippen LogP contribution < -0.4 is 5.32 Å². The largest absolute Gasteiger partial charge is 0.352 e. The van der Waals surface area contributed by atoms with Crippen LogP contribution in [0.2, 0.25) is 0 Å². The summed E-state index contributed by atoms with van der Waals surface area (Å²) in [6.07, 6.45) is 1.23. The number of benzene rings is 1. The molecule has 0 aliphatic heterocycles. The van der Waals surface area contributed by atoms with Crippen LogP contribution in [0.4, 0.5) is 5.95 Å². The normalized spacial score (nSPS) is 22.3. The van der Waals surface area contributed by atoms with E-state index in [9.17, 15) is 0 Å². The minimum Gasteiger partial charge on any atom is -0.352 e. The summed E-state index contributed by atoms with van der Waals surface area (Å²) in [5, 5.41) is 3.52. The lowest BCUT2D eigenvalue weighted by Gasteiger charge is -2.07. The SMILES string of the molecule is Cn1c(NC2CC2(C)C)nc2ccccc21. The summed E-state index contributed by atoms with van der Waals surface area (Å²) >= 11 is 0. The number of aromatic nitrogens is 2. The Bertz CT molecular complexity index is 539. The molecular weight excluding hydrogens is 198 g/mol. The summed E-state index contributed by atoms with van der Waals surface area (Å²) in [5.74, 6) is 0.983. The lowest BCUT2D eigenvalue weighted by atomic mass is 10.2. The molecule has 16 heavy (non-hydrogen) atoms. The number of nitrogens with zero attached hydrogens (tertiary/aromatic N) is 2. The van der Waals surface area contributed by atoms with E-state index in [1.807, 2.05) is 6.07 Å². The molecule has 1 heterocycles. The maximum Gasteiger partial charge on any atom is 0.203 e. The number of para-hydroxylation sites is 2. The van der Waals surface area contributed by atoms with Crippen LogP contribution in [0.3, 0.4) is 0 Å². The van der Waals surface area contributed by atoms with Gasteiger partial charge >= 0.3 is 0 Å². The quantitative estimate of drug-likeness (QED) is 0.834. The number of fused-ring (bicyclic) bond motifs is 1. The summed E-state index contributed by atoms with van der Waals surface area (Å²) in [4.78, 5) is 4.61. The van der Waals surface area contributed by atoms with Gasteiger partial charge in [0.25, 0.3) is 0 Å². The molecule has 3 rings (SSSR count). The van der Waals surface area contributed by atoms with Gasteiger partial charge in [0.2, 0.25) is 5.95 Å². The molecule has 1 aromatic heterocycles. The molecule has 0 radical (unpaired) electrons. The van der Waals surface area contributed by atoms with Crippen molar-refractivity contribution >= 4 is 17.0 Å². The summed E-state index contributed by atoms with van der Waals surface area (Å²) in [7, 11) is 2.06. The van der Waals surface area contributed by atoms with Crippen molar-refractivity contribution in [2.75, 3.05) is 5.32 Å². The van der Waals surface area contributed by atoms with Gasteiger partial charge in [-0.2, -0.15) is 0 Å². The molecule has 1 aliphatic rings. The number of rotatable bonds is 2. The molecule has 1 atom stereocenters. The second kappa shape index (κ2) is 3.00. The number of nitrogens with one attached hydrogen (secondary N) is 1. The van der Waals surface area contributed by atoms with Crippen LogP contribution in [0.15, 0.2) is 24.3 Å². The van der Waals surface area contributed by atoms with Crippen molar-refractivity contribution in [2.45, 2.75) is 26.3 Å². The third-order valence-corrected chi connectivity index (χ3v) is 3.60. The molecule has 1 aliphatic carbocycles. The second-order valence-corrected chi connectivity index (χ2v) is 5.37. The van der Waals surface area contributed by atoms with Gasteiger partial charge in [-0.15, -0.1) is 0 Å². The molecule has 1 N–H and O–H groups in total. The van der Waals surface area contributed by atoms with E-state index in [2.05, 4.69) is 54.0 Å². The molecular formula is C13H17N3. The minimum absolute atomic E-state index is 0.429. The first-order chi connectivity index (χ1) is 7.58. The molecule has 3 heteroatoms. The van der Waals surface area contributed by atoms with Crippen molar-refractivity contribution in [1.29, 1.82) is 0 Å². The monoisotopic (exact) mass is 215 g/mol. The van der Waals surface area contributed by atoms with Gasteiger partial charge in [0.05, 0.1) is 11.0 Å². The summed E-state index contributed by atoms with van der Waals surface area (Å²) < 4.78 is 2.13. The standard InChI is InChI=1S/C13H17N3/c1-13(2)8-11(13)15-12-14-9-6-4-5-7-10(9)16(12)3/h4-7,11H,8H2,1-3H3,(H,14,15). The smallest absolute Gasteiger partial charge is 0.203 e. The highest BCUT2D eigenvalue weighted by Gasteiger charge is 2.46. The van der Waals surface area contributed by atoms with E-state index >= 15 is 0 Å². The lowest BCUT2D eigenvalue weighted by molar-refractivity contribution is 0.628. The maximum atomic E-state index is 4.61. The van der Waals surface area contributed by atoms with Crippen molar-refractivity contribution < 1.29 is 0 Å². The molecule has 2 aromatic rings. The maximum absolute atomic E-state index is 4.61. The van der Waals surface area contributed by atoms with E-state index in [1.165, 1.54) is 11.9 Å². The van der Waals surface area contributed by atoms with Gasteiger partial charge in [-0.1, -0.05) is 26.0 Å². The van der Waals surface area contributed by atoms with Crippen LogP contribution in [-0.4, -0.2) is 15.6 Å². The third kappa shape index (κ3) is 1.39. The molecule has 3 nitrogen and oxygen atoms in total. The van der Waals surface area contributed by atoms with E-state index in [1.54, 1.807) is 0 Å². The van der Waals surface area contributed by atoms with Crippen LogP contribution in [0.5, 0.6) is 0 Å². The van der Waals surface area contributed by atoms with Crippen molar-refractivity contribution in [3.8, 4) is 0 Å². The molecule has 1 saturated carbocycles. The first-order valence-corrected chi connectivity index (χ1v) is 5.76. The van der Waals surface area contributed by atoms with Crippen molar-refractivity contribution in [3.05, 3.63) is 24.3 Å². The first kappa shape index (κ1) is 9.70. The molecule has 1 fully saturated rings. The van der Waals surface area contributed by atoms with Gasteiger partial charge < -0.3 is 9.88 Å². The fraction of sp³-hybridized carbons (Fsp3) is 0.462. The highest BCUT2D eigenvalue weighted by atomic mass is 15.2. The molecule has 1 aromatic carbocycles. The van der Waals surface area contributed by atoms with E-state index < -0.39 is 0 Å². The van der Waals surface area contributed by atoms with E-state index in [-0.39, 0.29) is 0 Å². The molecule has 0 saturated heterocycles. The molecule has 0 bridgehead atoms. The Morgan fingerprint density at radius 2 is 2.06 bits per heavy atom. The van der Waals surface area contributed by atoms with E-state index in [0.29, 0.717) is 11.5 Å². The summed E-state index contributed by atoms with van der Waals surface area (Å²) in [6.45, 7) is 4.57. The van der Waals surface area contributed by atoms with Gasteiger partial charge in [-0.05, 0) is 24.0 Å². The van der Waals surface area contributed by atoms with Crippen LogP contribution in [0.25, 0.3) is 11.0 Å². The number of anilines is 1. The Morgan fingerprint density at radius 3 is 2.69 bits per heavy atom. The number of aryl methyl sites for hydroxylation is 1. The van der Waals surface area contributed by atoms with Crippen molar-refractivity contribution in [1.82, 2.24) is 9.55 Å². The second-order valence-electron chi connectivity index (χ2n) is 5.37. The minimum atomic E-state index is 0.429. The molecule has 0 amide bonds. The molecule has 84 valence electrons. The Kier molecular flexibility index (Phi) is 1.82. The van der Waals surface area contributed by atoms with Crippen LogP contribution in [-0.2, 0) is 7.05 Å². The topological polar surface area (TPSA) is 29.9 Å². The first-order valence-electron chi connectivity index (χ1n) is 5.76. The number of hydrogen-bond donors (Lipinski definition) is 1. The molecule has 1 unspecified atom stereocenters. The van der Waals surface area contributed by atoms with Gasteiger partial charge in [-0.3, -0.25) is 0 Å². The lowest BCUT2D eigenvalue weighted by Crippen LogP contribution is -2.11. The van der Waals surface area contributed by atoms with Gasteiger partial charge in [-0.25, -0.2) is 4.98 Å². The predicted molar refractivity (Wildman–Crippen MR) is 66.5 cm³/mol. The van der Waals surface area contributed by atoms with E-state index in [4.69, 9.17) is 0 Å².